The van der Waals surface area contributed by atoms with Gasteiger partial charge in [0, 0.05) is 26.2 Å². The molecule has 7 heteroatoms. The van der Waals surface area contributed by atoms with E-state index < -0.39 is 0 Å². The van der Waals surface area contributed by atoms with E-state index in [4.69, 9.17) is 20.4 Å². The summed E-state index contributed by atoms with van der Waals surface area (Å²) in [5, 5.41) is 0. The third-order valence-electron chi connectivity index (χ3n) is 6.71. The van der Waals surface area contributed by atoms with E-state index in [1.165, 1.54) is 12.5 Å². The molecule has 2 aromatic carbocycles. The topological polar surface area (TPSA) is 97.1 Å². The third kappa shape index (κ3) is 5.26. The van der Waals surface area contributed by atoms with Crippen LogP contribution in [0.1, 0.15) is 59.6 Å². The first kappa shape index (κ1) is 23.2. The van der Waals surface area contributed by atoms with Gasteiger partial charge in [0.15, 0.2) is 0 Å². The normalized spacial score (nSPS) is 15.3. The zero-order chi connectivity index (χ0) is 24.2. The summed E-state index contributed by atoms with van der Waals surface area (Å²) >= 11 is 0. The molecule has 1 atom stereocenters. The second kappa shape index (κ2) is 10.4. The fourth-order valence-electron chi connectivity index (χ4n) is 4.98. The van der Waals surface area contributed by atoms with Crippen molar-refractivity contribution in [1.29, 1.82) is 0 Å². The number of aryl methyl sites for hydroxylation is 1. The Bertz CT molecular complexity index is 1300. The van der Waals surface area contributed by atoms with Gasteiger partial charge in [-0.1, -0.05) is 36.4 Å². The van der Waals surface area contributed by atoms with Gasteiger partial charge in [-0.25, -0.2) is 4.98 Å². The molecular formula is C28H31N5O2. The molecular weight excluding hydrogens is 438 g/mol. The van der Waals surface area contributed by atoms with E-state index in [1.54, 1.807) is 0 Å². The summed E-state index contributed by atoms with van der Waals surface area (Å²) in [5.74, 6) is 0.632. The number of fused-ring (bicyclic) bond motifs is 2. The molecule has 5 rings (SSSR count). The molecule has 2 aromatic heterocycles. The molecule has 0 radical (unpaired) electrons. The minimum absolute atomic E-state index is 0.170. The van der Waals surface area contributed by atoms with Crippen LogP contribution in [0.5, 0.6) is 0 Å². The van der Waals surface area contributed by atoms with Crippen molar-refractivity contribution in [3.8, 4) is 0 Å². The molecule has 3 N–H and O–H groups in total. The summed E-state index contributed by atoms with van der Waals surface area (Å²) in [7, 11) is 0. The number of para-hydroxylation sites is 2. The highest BCUT2D eigenvalue weighted by molar-refractivity contribution is 5.74. The molecule has 0 amide bonds. The maximum absolute atomic E-state index is 11.5. The summed E-state index contributed by atoms with van der Waals surface area (Å²) in [5.41, 5.74) is 13.5. The number of carbonyl (C=O) groups excluding carboxylic acids is 1. The number of rotatable bonds is 8. The van der Waals surface area contributed by atoms with Crippen molar-refractivity contribution in [2.75, 3.05) is 0 Å². The van der Waals surface area contributed by atoms with Gasteiger partial charge in [-0.3, -0.25) is 14.7 Å². The molecule has 1 aliphatic carbocycles. The monoisotopic (exact) mass is 469 g/mol. The van der Waals surface area contributed by atoms with Crippen molar-refractivity contribution < 1.29 is 9.53 Å². The van der Waals surface area contributed by atoms with Crippen molar-refractivity contribution in [3.63, 3.8) is 0 Å². The highest BCUT2D eigenvalue weighted by atomic mass is 16.5. The number of ether oxygens (including phenoxy) is 1. The van der Waals surface area contributed by atoms with E-state index >= 15 is 0 Å². The zero-order valence-corrected chi connectivity index (χ0v) is 20.0. The van der Waals surface area contributed by atoms with Gasteiger partial charge >= 0.3 is 5.97 Å². The molecule has 35 heavy (non-hydrogen) atoms. The smallest absolute Gasteiger partial charge is 0.302 e. The van der Waals surface area contributed by atoms with Crippen LogP contribution < -0.4 is 5.73 Å². The van der Waals surface area contributed by atoms with Crippen LogP contribution in [0.25, 0.3) is 11.0 Å². The maximum Gasteiger partial charge on any atom is 0.302 e. The number of aromatic amines is 1. The molecule has 0 spiro atoms. The molecule has 7 nitrogen and oxygen atoms in total. The summed E-state index contributed by atoms with van der Waals surface area (Å²) in [6.45, 7) is 3.44. The van der Waals surface area contributed by atoms with Crippen molar-refractivity contribution in [3.05, 3.63) is 94.6 Å². The molecule has 0 saturated carbocycles. The van der Waals surface area contributed by atoms with Crippen LogP contribution in [0.4, 0.5) is 0 Å². The summed E-state index contributed by atoms with van der Waals surface area (Å²) < 4.78 is 5.38. The number of aromatic nitrogens is 3. The molecule has 4 aromatic rings. The van der Waals surface area contributed by atoms with Gasteiger partial charge in [-0.05, 0) is 59.7 Å². The maximum atomic E-state index is 11.5. The van der Waals surface area contributed by atoms with Gasteiger partial charge in [-0.2, -0.15) is 0 Å². The van der Waals surface area contributed by atoms with Gasteiger partial charge in [0.25, 0.3) is 0 Å². The first-order chi connectivity index (χ1) is 17.1. The molecule has 0 saturated heterocycles. The standard InChI is InChI=1S/C28H31N5O2/c1-19(34)35-18-23-14-20(15-29)11-12-22(23)16-33(17-27-31-24-8-2-3-9-25(24)32-27)26-10-4-6-21-7-5-13-30-28(21)26/h2-3,5,7-9,11-14,26H,4,6,10,15-18,29H2,1H3,(H,31,32). The van der Waals surface area contributed by atoms with Crippen molar-refractivity contribution in [2.45, 2.75) is 58.5 Å². The molecule has 0 bridgehead atoms. The second-order valence-corrected chi connectivity index (χ2v) is 9.15. The lowest BCUT2D eigenvalue weighted by atomic mass is 9.90. The molecule has 180 valence electrons. The average Bonchev–Trinajstić information content (AvgIpc) is 3.29. The van der Waals surface area contributed by atoms with E-state index in [0.29, 0.717) is 19.6 Å². The highest BCUT2D eigenvalue weighted by Gasteiger charge is 2.28. The van der Waals surface area contributed by atoms with Crippen LogP contribution in [-0.4, -0.2) is 25.8 Å². The molecule has 0 aliphatic heterocycles. The first-order valence-electron chi connectivity index (χ1n) is 12.2. The number of hydrogen-bond donors (Lipinski definition) is 2. The Hall–Kier alpha value is -3.55. The number of benzene rings is 2. The van der Waals surface area contributed by atoms with E-state index in [2.05, 4.69) is 34.1 Å². The third-order valence-corrected chi connectivity index (χ3v) is 6.71. The SMILES string of the molecule is CC(=O)OCc1cc(CN)ccc1CN(Cc1nc2ccccc2[nH]1)C1CCCc2cccnc21. The number of pyridine rings is 1. The van der Waals surface area contributed by atoms with Crippen LogP contribution in [0, 0.1) is 0 Å². The number of esters is 1. The lowest BCUT2D eigenvalue weighted by molar-refractivity contribution is -0.142. The van der Waals surface area contributed by atoms with Gasteiger partial charge < -0.3 is 15.5 Å². The molecule has 1 unspecified atom stereocenters. The average molecular weight is 470 g/mol. The summed E-state index contributed by atoms with van der Waals surface area (Å²) in [6, 6.07) is 18.7. The van der Waals surface area contributed by atoms with E-state index in [0.717, 1.165) is 58.5 Å². The number of nitrogens with zero attached hydrogens (tertiary/aromatic N) is 3. The van der Waals surface area contributed by atoms with Crippen LogP contribution >= 0.6 is 0 Å². The molecule has 1 aliphatic rings. The second-order valence-electron chi connectivity index (χ2n) is 9.15. The minimum atomic E-state index is -0.293. The van der Waals surface area contributed by atoms with Crippen molar-refractivity contribution >= 4 is 17.0 Å². The molecule has 0 fully saturated rings. The van der Waals surface area contributed by atoms with Gasteiger partial charge in [0.05, 0.1) is 29.3 Å². The fraction of sp³-hybridized carbons (Fsp3) is 0.321. The Balaban J connectivity index is 1.51. The number of carbonyl (C=O) groups is 1. The van der Waals surface area contributed by atoms with E-state index in [9.17, 15) is 4.79 Å². The lowest BCUT2D eigenvalue weighted by Gasteiger charge is -2.35. The van der Waals surface area contributed by atoms with Crippen molar-refractivity contribution in [1.82, 2.24) is 19.9 Å². The Morgan fingerprint density at radius 2 is 2.03 bits per heavy atom. The van der Waals surface area contributed by atoms with Gasteiger partial charge in [0.2, 0.25) is 0 Å². The van der Waals surface area contributed by atoms with Gasteiger partial charge in [-0.15, -0.1) is 0 Å². The van der Waals surface area contributed by atoms with E-state index in [1.807, 2.05) is 36.5 Å². The quantitative estimate of drug-likeness (QED) is 0.367. The zero-order valence-electron chi connectivity index (χ0n) is 20.0. The molecule has 2 heterocycles. The lowest BCUT2D eigenvalue weighted by Crippen LogP contribution is -2.32. The number of imidazole rings is 1. The Kier molecular flexibility index (Phi) is 6.88. The summed E-state index contributed by atoms with van der Waals surface area (Å²) in [6.07, 6.45) is 5.09. The Labute approximate surface area is 205 Å². The number of nitrogens with two attached hydrogens (primary N) is 1. The van der Waals surface area contributed by atoms with Gasteiger partial charge in [0.1, 0.15) is 12.4 Å². The van der Waals surface area contributed by atoms with E-state index in [-0.39, 0.29) is 18.6 Å². The Morgan fingerprint density at radius 3 is 2.86 bits per heavy atom. The number of hydrogen-bond acceptors (Lipinski definition) is 6. The van der Waals surface area contributed by atoms with Crippen LogP contribution in [0.2, 0.25) is 0 Å². The fourth-order valence-corrected chi connectivity index (χ4v) is 4.98. The van der Waals surface area contributed by atoms with Crippen molar-refractivity contribution in [2.24, 2.45) is 5.73 Å². The Morgan fingerprint density at radius 1 is 1.14 bits per heavy atom. The number of nitrogens with one attached hydrogen (secondary N) is 1. The van der Waals surface area contributed by atoms with Crippen LogP contribution in [0.3, 0.4) is 0 Å². The van der Waals surface area contributed by atoms with Crippen LogP contribution in [-0.2, 0) is 42.2 Å². The van der Waals surface area contributed by atoms with Crippen LogP contribution in [0.15, 0.2) is 60.8 Å². The highest BCUT2D eigenvalue weighted by Crippen LogP contribution is 2.35. The first-order valence-corrected chi connectivity index (χ1v) is 12.2. The predicted octanol–water partition coefficient (Wildman–Crippen LogP) is 4.56. The summed E-state index contributed by atoms with van der Waals surface area (Å²) in [4.78, 5) is 27.1. The predicted molar refractivity (Wildman–Crippen MR) is 135 cm³/mol. The minimum Gasteiger partial charge on any atom is -0.461 e. The number of H-pyrrole nitrogens is 1. The largest absolute Gasteiger partial charge is 0.461 e.